The van der Waals surface area contributed by atoms with E-state index in [0.717, 1.165) is 5.75 Å². The average Bonchev–Trinajstić information content (AvgIpc) is 2.56. The minimum Gasteiger partial charge on any atom is -0.497 e. The Bertz CT molecular complexity index is 663. The van der Waals surface area contributed by atoms with Crippen LogP contribution in [0.25, 0.3) is 0 Å². The number of hydrogen-bond donors (Lipinski definition) is 2. The predicted octanol–water partition coefficient (Wildman–Crippen LogP) is 4.20. The molecule has 0 radical (unpaired) electrons. The third-order valence-corrected chi connectivity index (χ3v) is 3.73. The second kappa shape index (κ2) is 8.50. The number of benzene rings is 2. The molecule has 0 aromatic heterocycles. The molecule has 0 unspecified atom stereocenters. The fourth-order valence-electron chi connectivity index (χ4n) is 1.77. The minimum absolute atomic E-state index is 0.304. The maximum absolute atomic E-state index is 11.8. The molecule has 0 fully saturated rings. The monoisotopic (exact) mass is 354 g/mol. The maximum Gasteiger partial charge on any atom is 0.319 e. The van der Waals surface area contributed by atoms with Crippen LogP contribution in [0.2, 0.25) is 10.0 Å². The molecule has 2 aromatic carbocycles. The largest absolute Gasteiger partial charge is 0.497 e. The van der Waals surface area contributed by atoms with Gasteiger partial charge in [-0.2, -0.15) is 0 Å². The van der Waals surface area contributed by atoms with E-state index >= 15 is 0 Å². The van der Waals surface area contributed by atoms with Crippen LogP contribution in [-0.4, -0.2) is 26.3 Å². The summed E-state index contributed by atoms with van der Waals surface area (Å²) in [7, 11) is 1.60. The first-order chi connectivity index (χ1) is 11.1. The van der Waals surface area contributed by atoms with E-state index in [4.69, 9.17) is 32.7 Å². The number of methoxy groups -OCH3 is 1. The molecule has 0 bridgehead atoms. The summed E-state index contributed by atoms with van der Waals surface area (Å²) in [5, 5.41) is 5.98. The predicted molar refractivity (Wildman–Crippen MR) is 92.0 cm³/mol. The number of carbonyl (C=O) groups is 1. The molecular weight excluding hydrogens is 339 g/mol. The van der Waals surface area contributed by atoms with E-state index in [1.54, 1.807) is 49.6 Å². The Balaban J connectivity index is 1.73. The minimum atomic E-state index is -0.382. The lowest BCUT2D eigenvalue weighted by Crippen LogP contribution is -2.32. The van der Waals surface area contributed by atoms with Crippen LogP contribution in [0, 0.1) is 0 Å². The lowest BCUT2D eigenvalue weighted by Gasteiger charge is -2.10. The summed E-state index contributed by atoms with van der Waals surface area (Å²) in [6.45, 7) is 0.680. The van der Waals surface area contributed by atoms with Gasteiger partial charge in [-0.15, -0.1) is 0 Å². The third kappa shape index (κ3) is 5.23. The number of carbonyl (C=O) groups excluding carboxylic acids is 1. The van der Waals surface area contributed by atoms with Crippen molar-refractivity contribution in [1.82, 2.24) is 5.32 Å². The fraction of sp³-hybridized carbons (Fsp3) is 0.188. The van der Waals surface area contributed by atoms with Crippen molar-refractivity contribution in [2.24, 2.45) is 0 Å². The van der Waals surface area contributed by atoms with Gasteiger partial charge < -0.3 is 20.1 Å². The van der Waals surface area contributed by atoms with Gasteiger partial charge in [0.15, 0.2) is 0 Å². The van der Waals surface area contributed by atoms with Gasteiger partial charge in [0.05, 0.1) is 29.4 Å². The zero-order chi connectivity index (χ0) is 16.7. The van der Waals surface area contributed by atoms with Gasteiger partial charge in [-0.25, -0.2) is 4.79 Å². The normalized spacial score (nSPS) is 10.0. The summed E-state index contributed by atoms with van der Waals surface area (Å²) >= 11 is 11.9. The van der Waals surface area contributed by atoms with Crippen LogP contribution < -0.4 is 20.1 Å². The van der Waals surface area contributed by atoms with Crippen molar-refractivity contribution in [3.63, 3.8) is 0 Å². The van der Waals surface area contributed by atoms with Crippen molar-refractivity contribution < 1.29 is 14.3 Å². The molecule has 0 aliphatic heterocycles. The number of ether oxygens (including phenoxy) is 2. The molecule has 2 rings (SSSR count). The molecule has 7 heteroatoms. The molecule has 0 aliphatic carbocycles. The smallest absolute Gasteiger partial charge is 0.319 e. The highest BCUT2D eigenvalue weighted by Crippen LogP contribution is 2.29. The van der Waals surface area contributed by atoms with E-state index < -0.39 is 0 Å². The van der Waals surface area contributed by atoms with Gasteiger partial charge in [0.25, 0.3) is 0 Å². The molecule has 0 atom stereocenters. The Morgan fingerprint density at radius 2 is 1.78 bits per heavy atom. The van der Waals surface area contributed by atoms with Crippen LogP contribution in [0.1, 0.15) is 0 Å². The summed E-state index contributed by atoms with van der Waals surface area (Å²) < 4.78 is 10.6. The summed E-state index contributed by atoms with van der Waals surface area (Å²) in [5.41, 5.74) is 0.452. The lowest BCUT2D eigenvalue weighted by molar-refractivity contribution is 0.247. The van der Waals surface area contributed by atoms with Gasteiger partial charge in [-0.3, -0.25) is 0 Å². The molecule has 2 N–H and O–H groups in total. The molecule has 0 heterocycles. The molecule has 2 amide bonds. The Morgan fingerprint density at radius 1 is 1.09 bits per heavy atom. The molecule has 0 aliphatic rings. The zero-order valence-electron chi connectivity index (χ0n) is 12.4. The van der Waals surface area contributed by atoms with Crippen molar-refractivity contribution in [3.8, 4) is 11.5 Å². The van der Waals surface area contributed by atoms with Crippen LogP contribution in [0.3, 0.4) is 0 Å². The fourth-order valence-corrected chi connectivity index (χ4v) is 2.12. The molecule has 23 heavy (non-hydrogen) atoms. The second-order valence-corrected chi connectivity index (χ2v) is 5.29. The quantitative estimate of drug-likeness (QED) is 0.764. The van der Waals surface area contributed by atoms with E-state index in [0.29, 0.717) is 34.6 Å². The van der Waals surface area contributed by atoms with Gasteiger partial charge in [-0.1, -0.05) is 29.3 Å². The maximum atomic E-state index is 11.8. The van der Waals surface area contributed by atoms with Crippen molar-refractivity contribution in [3.05, 3.63) is 52.5 Å². The van der Waals surface area contributed by atoms with Crippen LogP contribution in [0.5, 0.6) is 11.5 Å². The molecule has 0 saturated heterocycles. The first-order valence-corrected chi connectivity index (χ1v) is 7.61. The molecule has 0 spiro atoms. The topological polar surface area (TPSA) is 59.6 Å². The zero-order valence-corrected chi connectivity index (χ0v) is 13.9. The Morgan fingerprint density at radius 3 is 2.48 bits per heavy atom. The number of urea groups is 1. The van der Waals surface area contributed by atoms with E-state index in [1.807, 2.05) is 0 Å². The van der Waals surface area contributed by atoms with Gasteiger partial charge >= 0.3 is 6.03 Å². The van der Waals surface area contributed by atoms with E-state index in [2.05, 4.69) is 10.6 Å². The van der Waals surface area contributed by atoms with Gasteiger partial charge in [0.1, 0.15) is 18.1 Å². The summed E-state index contributed by atoms with van der Waals surface area (Å²) in [6, 6.07) is 11.8. The van der Waals surface area contributed by atoms with Gasteiger partial charge in [0.2, 0.25) is 0 Å². The average molecular weight is 355 g/mol. The Hall–Kier alpha value is -2.11. The van der Waals surface area contributed by atoms with Crippen LogP contribution >= 0.6 is 23.2 Å². The van der Waals surface area contributed by atoms with Crippen LogP contribution in [0.15, 0.2) is 42.5 Å². The van der Waals surface area contributed by atoms with E-state index in [-0.39, 0.29) is 6.03 Å². The molecule has 0 saturated carbocycles. The van der Waals surface area contributed by atoms with Crippen molar-refractivity contribution in [1.29, 1.82) is 0 Å². The number of rotatable bonds is 6. The summed E-state index contributed by atoms with van der Waals surface area (Å²) in [5.74, 6) is 1.46. The lowest BCUT2D eigenvalue weighted by atomic mass is 10.3. The first kappa shape index (κ1) is 17.2. The highest BCUT2D eigenvalue weighted by atomic mass is 35.5. The number of nitrogens with one attached hydrogen (secondary N) is 2. The van der Waals surface area contributed by atoms with Crippen LogP contribution in [-0.2, 0) is 0 Å². The third-order valence-electron chi connectivity index (χ3n) is 2.92. The van der Waals surface area contributed by atoms with Gasteiger partial charge in [0, 0.05) is 0 Å². The molecule has 122 valence electrons. The second-order valence-electron chi connectivity index (χ2n) is 4.51. The highest BCUT2D eigenvalue weighted by molar-refractivity contribution is 6.43. The summed E-state index contributed by atoms with van der Waals surface area (Å²) in [6.07, 6.45) is 0. The number of amides is 2. The van der Waals surface area contributed by atoms with Gasteiger partial charge in [-0.05, 0) is 36.4 Å². The van der Waals surface area contributed by atoms with Crippen molar-refractivity contribution >= 4 is 34.9 Å². The molecule has 2 aromatic rings. The number of hydrogen-bond acceptors (Lipinski definition) is 3. The van der Waals surface area contributed by atoms with Crippen LogP contribution in [0.4, 0.5) is 10.5 Å². The summed E-state index contributed by atoms with van der Waals surface area (Å²) in [4.78, 5) is 11.8. The van der Waals surface area contributed by atoms with E-state index in [9.17, 15) is 4.79 Å². The Kier molecular flexibility index (Phi) is 6.38. The number of halogens is 2. The number of anilines is 1. The SMILES string of the molecule is COc1ccc(OCCNC(=O)Nc2cccc(Cl)c2Cl)cc1. The standard InChI is InChI=1S/C16H16Cl2N2O3/c1-22-11-5-7-12(8-6-11)23-10-9-19-16(21)20-14-4-2-3-13(17)15(14)18/h2-8H,9-10H2,1H3,(H2,19,20,21). The van der Waals surface area contributed by atoms with Crippen molar-refractivity contribution in [2.45, 2.75) is 0 Å². The van der Waals surface area contributed by atoms with E-state index in [1.165, 1.54) is 0 Å². The molecular formula is C16H16Cl2N2O3. The first-order valence-electron chi connectivity index (χ1n) is 6.86. The highest BCUT2D eigenvalue weighted by Gasteiger charge is 2.07. The molecule has 5 nitrogen and oxygen atoms in total. The van der Waals surface area contributed by atoms with Crippen molar-refractivity contribution in [2.75, 3.05) is 25.6 Å². The Labute approximate surface area is 144 Å².